The second kappa shape index (κ2) is 5.69. The lowest BCUT2D eigenvalue weighted by molar-refractivity contribution is -0.170. The standard InChI is InChI=1S/C11H17F4NO/c1-7-5-3-2-4-6-8(7)16-10(17)11(14,15)9(12)13/h7-9H,2-6H2,1H3,(H,16,17). The SMILES string of the molecule is CC1CCCCCC1NC(=O)C(F)(F)C(F)F. The summed E-state index contributed by atoms with van der Waals surface area (Å²) in [5.74, 6) is -6.40. The molecule has 6 heteroatoms. The van der Waals surface area contributed by atoms with Gasteiger partial charge in [-0.05, 0) is 18.8 Å². The molecule has 1 fully saturated rings. The zero-order chi connectivity index (χ0) is 13.1. The van der Waals surface area contributed by atoms with E-state index in [9.17, 15) is 22.4 Å². The maximum atomic E-state index is 12.8. The normalized spacial score (nSPS) is 26.7. The molecular weight excluding hydrogens is 238 g/mol. The molecule has 2 atom stereocenters. The van der Waals surface area contributed by atoms with Gasteiger partial charge in [-0.3, -0.25) is 4.79 Å². The molecule has 0 bridgehead atoms. The molecule has 0 heterocycles. The summed E-state index contributed by atoms with van der Waals surface area (Å²) >= 11 is 0. The van der Waals surface area contributed by atoms with Crippen LogP contribution in [0.3, 0.4) is 0 Å². The van der Waals surface area contributed by atoms with E-state index in [-0.39, 0.29) is 5.92 Å². The zero-order valence-corrected chi connectivity index (χ0v) is 9.69. The van der Waals surface area contributed by atoms with E-state index in [0.717, 1.165) is 25.7 Å². The molecule has 0 aliphatic heterocycles. The molecular formula is C11H17F4NO. The number of carbonyl (C=O) groups excluding carboxylic acids is 1. The molecule has 1 aliphatic carbocycles. The predicted octanol–water partition coefficient (Wildman–Crippen LogP) is 2.97. The molecule has 1 N–H and O–H groups in total. The van der Waals surface area contributed by atoms with E-state index in [2.05, 4.69) is 5.32 Å². The Hall–Kier alpha value is -0.810. The van der Waals surface area contributed by atoms with E-state index in [4.69, 9.17) is 0 Å². The average Bonchev–Trinajstić information content (AvgIpc) is 2.44. The Bertz CT molecular complexity index is 270. The minimum absolute atomic E-state index is 0.0509. The molecule has 2 nitrogen and oxygen atoms in total. The van der Waals surface area contributed by atoms with Crippen molar-refractivity contribution in [3.63, 3.8) is 0 Å². The van der Waals surface area contributed by atoms with Gasteiger partial charge in [-0.1, -0.05) is 26.2 Å². The van der Waals surface area contributed by atoms with Gasteiger partial charge in [-0.15, -0.1) is 0 Å². The molecule has 1 aliphatic rings. The highest BCUT2D eigenvalue weighted by molar-refractivity contribution is 5.84. The lowest BCUT2D eigenvalue weighted by Gasteiger charge is -2.25. The highest BCUT2D eigenvalue weighted by atomic mass is 19.3. The topological polar surface area (TPSA) is 29.1 Å². The molecule has 0 aromatic heterocycles. The third-order valence-corrected chi connectivity index (χ3v) is 3.25. The number of nitrogens with one attached hydrogen (secondary N) is 1. The Kier molecular flexibility index (Phi) is 4.77. The van der Waals surface area contributed by atoms with Gasteiger partial charge in [0.15, 0.2) is 0 Å². The summed E-state index contributed by atoms with van der Waals surface area (Å²) in [4.78, 5) is 11.1. The van der Waals surface area contributed by atoms with Crippen molar-refractivity contribution in [1.29, 1.82) is 0 Å². The number of hydrogen-bond donors (Lipinski definition) is 1. The molecule has 0 radical (unpaired) electrons. The van der Waals surface area contributed by atoms with Gasteiger partial charge in [0.25, 0.3) is 5.91 Å². The fraction of sp³-hybridized carbons (Fsp3) is 0.909. The van der Waals surface area contributed by atoms with Crippen LogP contribution in [0.1, 0.15) is 39.0 Å². The van der Waals surface area contributed by atoms with Crippen LogP contribution in [0.2, 0.25) is 0 Å². The van der Waals surface area contributed by atoms with Gasteiger partial charge in [0.1, 0.15) is 0 Å². The molecule has 1 saturated carbocycles. The summed E-state index contributed by atoms with van der Waals surface area (Å²) in [5.41, 5.74) is 0. The molecule has 1 amide bonds. The zero-order valence-electron chi connectivity index (χ0n) is 9.69. The van der Waals surface area contributed by atoms with Crippen molar-refractivity contribution in [3.05, 3.63) is 0 Å². The first kappa shape index (κ1) is 14.3. The Morgan fingerprint density at radius 2 is 1.82 bits per heavy atom. The van der Waals surface area contributed by atoms with Crippen molar-refractivity contribution < 1.29 is 22.4 Å². The number of rotatable bonds is 3. The molecule has 100 valence electrons. The lowest BCUT2D eigenvalue weighted by Crippen LogP contribution is -2.50. The second-order valence-corrected chi connectivity index (χ2v) is 4.62. The van der Waals surface area contributed by atoms with Crippen molar-refractivity contribution in [2.45, 2.75) is 57.4 Å². The van der Waals surface area contributed by atoms with Crippen molar-refractivity contribution in [1.82, 2.24) is 5.32 Å². The Labute approximate surface area is 97.8 Å². The Morgan fingerprint density at radius 1 is 1.24 bits per heavy atom. The Morgan fingerprint density at radius 3 is 2.41 bits per heavy atom. The van der Waals surface area contributed by atoms with Crippen LogP contribution in [-0.2, 0) is 4.79 Å². The summed E-state index contributed by atoms with van der Waals surface area (Å²) in [6.45, 7) is 1.84. The maximum absolute atomic E-state index is 12.8. The van der Waals surface area contributed by atoms with Crippen molar-refractivity contribution in [3.8, 4) is 0 Å². The van der Waals surface area contributed by atoms with Crippen LogP contribution in [0, 0.1) is 5.92 Å². The van der Waals surface area contributed by atoms with Crippen LogP contribution in [0.5, 0.6) is 0 Å². The van der Waals surface area contributed by atoms with E-state index in [0.29, 0.717) is 6.42 Å². The first-order valence-corrected chi connectivity index (χ1v) is 5.82. The monoisotopic (exact) mass is 255 g/mol. The molecule has 0 saturated heterocycles. The van der Waals surface area contributed by atoms with Gasteiger partial charge in [0, 0.05) is 6.04 Å². The number of alkyl halides is 4. The van der Waals surface area contributed by atoms with E-state index in [1.54, 1.807) is 0 Å². The molecule has 17 heavy (non-hydrogen) atoms. The molecule has 1 rings (SSSR count). The third-order valence-electron chi connectivity index (χ3n) is 3.25. The minimum Gasteiger partial charge on any atom is -0.348 e. The first-order valence-electron chi connectivity index (χ1n) is 5.82. The van der Waals surface area contributed by atoms with E-state index < -0.39 is 24.3 Å². The molecule has 0 aromatic carbocycles. The van der Waals surface area contributed by atoms with Gasteiger partial charge in [-0.2, -0.15) is 8.78 Å². The van der Waals surface area contributed by atoms with Crippen molar-refractivity contribution in [2.75, 3.05) is 0 Å². The van der Waals surface area contributed by atoms with Crippen molar-refractivity contribution in [2.24, 2.45) is 5.92 Å². The summed E-state index contributed by atoms with van der Waals surface area (Å²) in [6.07, 6.45) is 0.247. The predicted molar refractivity (Wildman–Crippen MR) is 55.1 cm³/mol. The Balaban J connectivity index is 2.60. The van der Waals surface area contributed by atoms with Crippen LogP contribution >= 0.6 is 0 Å². The number of hydrogen-bond acceptors (Lipinski definition) is 1. The van der Waals surface area contributed by atoms with Gasteiger partial charge in [0.2, 0.25) is 0 Å². The summed E-state index contributed by atoms with van der Waals surface area (Å²) in [5, 5.41) is 2.06. The highest BCUT2D eigenvalue weighted by Gasteiger charge is 2.49. The van der Waals surface area contributed by atoms with Gasteiger partial charge >= 0.3 is 12.3 Å². The van der Waals surface area contributed by atoms with Crippen LogP contribution in [0.25, 0.3) is 0 Å². The molecule has 0 spiro atoms. The first-order chi connectivity index (χ1) is 7.85. The number of amides is 1. The minimum atomic E-state index is -4.59. The van der Waals surface area contributed by atoms with Crippen molar-refractivity contribution >= 4 is 5.91 Å². The molecule has 2 unspecified atom stereocenters. The fourth-order valence-corrected chi connectivity index (χ4v) is 2.07. The van der Waals surface area contributed by atoms with Crippen LogP contribution in [-0.4, -0.2) is 24.3 Å². The molecule has 0 aromatic rings. The van der Waals surface area contributed by atoms with E-state index >= 15 is 0 Å². The average molecular weight is 255 g/mol. The fourth-order valence-electron chi connectivity index (χ4n) is 2.07. The smallest absolute Gasteiger partial charge is 0.348 e. The van der Waals surface area contributed by atoms with Crippen LogP contribution in [0.4, 0.5) is 17.6 Å². The lowest BCUT2D eigenvalue weighted by atomic mass is 9.97. The summed E-state index contributed by atoms with van der Waals surface area (Å²) in [7, 11) is 0. The maximum Gasteiger partial charge on any atom is 0.383 e. The van der Waals surface area contributed by atoms with Crippen LogP contribution in [0.15, 0.2) is 0 Å². The van der Waals surface area contributed by atoms with Gasteiger partial charge in [-0.25, -0.2) is 8.78 Å². The van der Waals surface area contributed by atoms with E-state index in [1.807, 2.05) is 6.92 Å². The number of carbonyl (C=O) groups is 1. The van der Waals surface area contributed by atoms with E-state index in [1.165, 1.54) is 0 Å². The highest BCUT2D eigenvalue weighted by Crippen LogP contribution is 2.26. The summed E-state index contributed by atoms with van der Waals surface area (Å²) < 4.78 is 49.5. The van der Waals surface area contributed by atoms with Gasteiger partial charge in [0.05, 0.1) is 0 Å². The quantitative estimate of drug-likeness (QED) is 0.609. The van der Waals surface area contributed by atoms with Gasteiger partial charge < -0.3 is 5.32 Å². The van der Waals surface area contributed by atoms with Crippen LogP contribution < -0.4 is 5.32 Å². The third kappa shape index (κ3) is 3.57. The number of halogens is 4. The second-order valence-electron chi connectivity index (χ2n) is 4.62. The summed E-state index contributed by atoms with van der Waals surface area (Å²) in [6, 6.07) is -0.422. The largest absolute Gasteiger partial charge is 0.383 e.